The Hall–Kier alpha value is -1.02. The van der Waals surface area contributed by atoms with Crippen molar-refractivity contribution in [3.63, 3.8) is 0 Å². The van der Waals surface area contributed by atoms with E-state index in [-0.39, 0.29) is 5.41 Å². The van der Waals surface area contributed by atoms with Crippen LogP contribution >= 0.6 is 0 Å². The lowest BCUT2D eigenvalue weighted by atomic mass is 9.87. The lowest BCUT2D eigenvalue weighted by molar-refractivity contribution is 0.137. The Morgan fingerprint density at radius 1 is 1.11 bits per heavy atom. The Morgan fingerprint density at radius 3 is 2.37 bits per heavy atom. The Kier molecular flexibility index (Phi) is 4.51. The molecule has 2 rings (SSSR count). The molecule has 1 aliphatic carbocycles. The van der Waals surface area contributed by atoms with Crippen molar-refractivity contribution in [2.45, 2.75) is 64.0 Å². The summed E-state index contributed by atoms with van der Waals surface area (Å²) in [6, 6.07) is 9.22. The minimum absolute atomic E-state index is 0.209. The molecule has 19 heavy (non-hydrogen) atoms. The number of hydrogen-bond donors (Lipinski definition) is 1. The van der Waals surface area contributed by atoms with Crippen molar-refractivity contribution < 1.29 is 4.74 Å². The zero-order valence-corrected chi connectivity index (χ0v) is 12.7. The number of benzene rings is 1. The third kappa shape index (κ3) is 3.97. The van der Waals surface area contributed by atoms with E-state index in [4.69, 9.17) is 4.74 Å². The van der Waals surface area contributed by atoms with E-state index < -0.39 is 0 Å². The predicted molar refractivity (Wildman–Crippen MR) is 80.9 cm³/mol. The highest BCUT2D eigenvalue weighted by Crippen LogP contribution is 2.27. The van der Waals surface area contributed by atoms with E-state index in [2.05, 4.69) is 50.4 Å². The van der Waals surface area contributed by atoms with Crippen LogP contribution in [-0.4, -0.2) is 19.2 Å². The highest BCUT2D eigenvalue weighted by molar-refractivity contribution is 5.31. The molecule has 1 aromatic rings. The van der Waals surface area contributed by atoms with E-state index >= 15 is 0 Å². The van der Waals surface area contributed by atoms with Crippen LogP contribution in [0.5, 0.6) is 5.75 Å². The highest BCUT2D eigenvalue weighted by Gasteiger charge is 2.22. The number of nitrogens with one attached hydrogen (secondary N) is 1. The molecule has 0 amide bonds. The smallest absolute Gasteiger partial charge is 0.119 e. The molecular weight excluding hydrogens is 234 g/mol. The van der Waals surface area contributed by atoms with Gasteiger partial charge in [0.05, 0.1) is 0 Å². The average Bonchev–Trinajstić information content (AvgIpc) is 2.38. The molecule has 0 spiro atoms. The molecule has 0 heterocycles. The van der Waals surface area contributed by atoms with Crippen molar-refractivity contribution in [1.29, 1.82) is 0 Å². The fourth-order valence-electron chi connectivity index (χ4n) is 2.74. The number of ether oxygens (including phenoxy) is 1. The molecular formula is C17H27NO. The molecule has 0 saturated heterocycles. The summed E-state index contributed by atoms with van der Waals surface area (Å²) >= 11 is 0. The monoisotopic (exact) mass is 261 g/mol. The van der Waals surface area contributed by atoms with Crippen molar-refractivity contribution >= 4 is 0 Å². The van der Waals surface area contributed by atoms with Crippen LogP contribution in [0, 0.1) is 0 Å². The average molecular weight is 261 g/mol. The minimum Gasteiger partial charge on any atom is -0.490 e. The van der Waals surface area contributed by atoms with Crippen LogP contribution in [0.4, 0.5) is 0 Å². The van der Waals surface area contributed by atoms with Crippen LogP contribution < -0.4 is 10.1 Å². The van der Waals surface area contributed by atoms with Gasteiger partial charge < -0.3 is 10.1 Å². The standard InChI is InChI=1S/C17H27NO/c1-17(2,3)13-8-10-15(11-9-13)19-16-7-5-6-14(12-16)18-4/h8-11,14,16,18H,5-7,12H2,1-4H3. The van der Waals surface area contributed by atoms with Crippen LogP contribution in [0.1, 0.15) is 52.0 Å². The van der Waals surface area contributed by atoms with Crippen LogP contribution in [0.25, 0.3) is 0 Å². The molecule has 0 radical (unpaired) electrons. The van der Waals surface area contributed by atoms with Gasteiger partial charge in [-0.25, -0.2) is 0 Å². The van der Waals surface area contributed by atoms with Gasteiger partial charge in [0.25, 0.3) is 0 Å². The molecule has 2 atom stereocenters. The SMILES string of the molecule is CNC1CCCC(Oc2ccc(C(C)(C)C)cc2)C1. The molecule has 2 unspecified atom stereocenters. The van der Waals surface area contributed by atoms with Crippen molar-refractivity contribution in [1.82, 2.24) is 5.32 Å². The zero-order chi connectivity index (χ0) is 13.9. The Labute approximate surface area is 117 Å². The van der Waals surface area contributed by atoms with Gasteiger partial charge in [0.15, 0.2) is 0 Å². The molecule has 1 saturated carbocycles. The first-order chi connectivity index (χ1) is 8.99. The van der Waals surface area contributed by atoms with E-state index in [1.165, 1.54) is 24.8 Å². The summed E-state index contributed by atoms with van der Waals surface area (Å²) in [4.78, 5) is 0. The van der Waals surface area contributed by atoms with Gasteiger partial charge in [-0.2, -0.15) is 0 Å². The van der Waals surface area contributed by atoms with Crippen LogP contribution in [0.2, 0.25) is 0 Å². The fraction of sp³-hybridized carbons (Fsp3) is 0.647. The molecule has 2 nitrogen and oxygen atoms in total. The summed E-state index contributed by atoms with van der Waals surface area (Å²) in [7, 11) is 2.05. The number of rotatable bonds is 3. The molecule has 0 aromatic heterocycles. The molecule has 1 aliphatic rings. The van der Waals surface area contributed by atoms with Gasteiger partial charge in [-0.3, -0.25) is 0 Å². The van der Waals surface area contributed by atoms with E-state index in [0.717, 1.165) is 12.2 Å². The van der Waals surface area contributed by atoms with Crippen LogP contribution in [-0.2, 0) is 5.41 Å². The van der Waals surface area contributed by atoms with Crippen LogP contribution in [0.15, 0.2) is 24.3 Å². The second-order valence-electron chi connectivity index (χ2n) is 6.67. The van der Waals surface area contributed by atoms with E-state index in [1.807, 2.05) is 7.05 Å². The Morgan fingerprint density at radius 2 is 1.79 bits per heavy atom. The summed E-state index contributed by atoms with van der Waals surface area (Å²) in [6.07, 6.45) is 5.21. The Bertz CT molecular complexity index is 391. The van der Waals surface area contributed by atoms with Gasteiger partial charge in [0.1, 0.15) is 11.9 Å². The molecule has 0 aliphatic heterocycles. The normalized spacial score (nSPS) is 24.2. The van der Waals surface area contributed by atoms with Crippen LogP contribution in [0.3, 0.4) is 0 Å². The van der Waals surface area contributed by atoms with E-state index in [0.29, 0.717) is 12.1 Å². The molecule has 1 N–H and O–H groups in total. The maximum atomic E-state index is 6.12. The largest absolute Gasteiger partial charge is 0.490 e. The first-order valence-corrected chi connectivity index (χ1v) is 7.43. The summed E-state index contributed by atoms with van der Waals surface area (Å²) in [5, 5.41) is 3.37. The number of hydrogen-bond acceptors (Lipinski definition) is 2. The van der Waals surface area contributed by atoms with Gasteiger partial charge in [0.2, 0.25) is 0 Å². The summed E-state index contributed by atoms with van der Waals surface area (Å²) < 4.78 is 6.12. The second kappa shape index (κ2) is 5.96. The summed E-state index contributed by atoms with van der Waals surface area (Å²) in [5.74, 6) is 1.01. The first kappa shape index (κ1) is 14.4. The topological polar surface area (TPSA) is 21.3 Å². The van der Waals surface area contributed by atoms with Crippen molar-refractivity contribution in [3.8, 4) is 5.75 Å². The van der Waals surface area contributed by atoms with Crippen molar-refractivity contribution in [3.05, 3.63) is 29.8 Å². The third-order valence-corrected chi connectivity index (χ3v) is 4.06. The third-order valence-electron chi connectivity index (χ3n) is 4.06. The second-order valence-corrected chi connectivity index (χ2v) is 6.67. The van der Waals surface area contributed by atoms with Gasteiger partial charge >= 0.3 is 0 Å². The maximum Gasteiger partial charge on any atom is 0.119 e. The highest BCUT2D eigenvalue weighted by atomic mass is 16.5. The minimum atomic E-state index is 0.209. The lowest BCUT2D eigenvalue weighted by Crippen LogP contribution is -2.36. The molecule has 1 fully saturated rings. The lowest BCUT2D eigenvalue weighted by Gasteiger charge is -2.29. The van der Waals surface area contributed by atoms with Crippen molar-refractivity contribution in [2.24, 2.45) is 0 Å². The quantitative estimate of drug-likeness (QED) is 0.891. The van der Waals surface area contributed by atoms with Gasteiger partial charge in [0, 0.05) is 6.04 Å². The summed E-state index contributed by atoms with van der Waals surface area (Å²) in [6.45, 7) is 6.71. The molecule has 106 valence electrons. The van der Waals surface area contributed by atoms with Gasteiger partial charge in [-0.1, -0.05) is 32.9 Å². The van der Waals surface area contributed by atoms with Gasteiger partial charge in [-0.05, 0) is 55.8 Å². The van der Waals surface area contributed by atoms with E-state index in [1.54, 1.807) is 0 Å². The van der Waals surface area contributed by atoms with Gasteiger partial charge in [-0.15, -0.1) is 0 Å². The Balaban J connectivity index is 1.96. The van der Waals surface area contributed by atoms with E-state index in [9.17, 15) is 0 Å². The predicted octanol–water partition coefficient (Wildman–Crippen LogP) is 3.89. The summed E-state index contributed by atoms with van der Waals surface area (Å²) in [5.41, 5.74) is 1.57. The first-order valence-electron chi connectivity index (χ1n) is 7.43. The molecule has 2 heteroatoms. The zero-order valence-electron chi connectivity index (χ0n) is 12.7. The maximum absolute atomic E-state index is 6.12. The van der Waals surface area contributed by atoms with Crippen molar-refractivity contribution in [2.75, 3.05) is 7.05 Å². The fourth-order valence-corrected chi connectivity index (χ4v) is 2.74. The molecule has 0 bridgehead atoms. The molecule has 1 aromatic carbocycles.